The molecule has 0 aromatic carbocycles. The molecule has 1 saturated carbocycles. The molecule has 0 N–H and O–H groups in total. The van der Waals surface area contributed by atoms with Crippen molar-refractivity contribution >= 4 is 5.78 Å². The Hall–Kier alpha value is -1.76. The monoisotopic (exact) mass is 257 g/mol. The first-order chi connectivity index (χ1) is 9.01. The number of rotatable bonds is 5. The van der Waals surface area contributed by atoms with Crippen LogP contribution in [0.1, 0.15) is 49.3 Å². The van der Waals surface area contributed by atoms with Crippen molar-refractivity contribution in [3.05, 3.63) is 23.3 Å². The molecule has 1 fully saturated rings. The van der Waals surface area contributed by atoms with Crippen molar-refractivity contribution in [3.8, 4) is 6.07 Å². The first-order valence-electron chi connectivity index (χ1n) is 6.75. The fraction of sp³-hybridized carbons (Fsp3) is 0.600. The Kier molecular flexibility index (Phi) is 3.94. The molecular formula is C15H19N3O. The van der Waals surface area contributed by atoms with Gasteiger partial charge in [0, 0.05) is 12.1 Å². The normalized spacial score (nSPS) is 17.6. The van der Waals surface area contributed by atoms with Crippen LogP contribution >= 0.6 is 0 Å². The number of nitrogens with zero attached hydrogens (tertiary/aromatic N) is 3. The lowest BCUT2D eigenvalue weighted by atomic mass is 9.91. The summed E-state index contributed by atoms with van der Waals surface area (Å²) in [6.07, 6.45) is 2.92. The predicted molar refractivity (Wildman–Crippen MR) is 71.4 cm³/mol. The Balaban J connectivity index is 2.14. The highest BCUT2D eigenvalue weighted by molar-refractivity contribution is 5.88. The third kappa shape index (κ3) is 3.37. The maximum Gasteiger partial charge on any atom is 0.156 e. The summed E-state index contributed by atoms with van der Waals surface area (Å²) in [5.41, 5.74) is 1.34. The maximum absolute atomic E-state index is 12.3. The molecule has 19 heavy (non-hydrogen) atoms. The van der Waals surface area contributed by atoms with Crippen LogP contribution in [0.3, 0.4) is 0 Å². The topological polar surface area (TPSA) is 66.6 Å². The molecular weight excluding hydrogens is 238 g/mol. The lowest BCUT2D eigenvalue weighted by Crippen LogP contribution is -2.17. The highest BCUT2D eigenvalue weighted by Crippen LogP contribution is 2.39. The van der Waals surface area contributed by atoms with Crippen molar-refractivity contribution in [1.82, 2.24) is 9.97 Å². The van der Waals surface area contributed by atoms with Crippen molar-refractivity contribution < 1.29 is 4.79 Å². The van der Waals surface area contributed by atoms with E-state index in [1.165, 1.54) is 12.8 Å². The summed E-state index contributed by atoms with van der Waals surface area (Å²) in [5, 5.41) is 9.27. The van der Waals surface area contributed by atoms with Crippen LogP contribution in [0.2, 0.25) is 0 Å². The molecule has 1 aliphatic rings. The second kappa shape index (κ2) is 5.48. The first-order valence-corrected chi connectivity index (χ1v) is 6.75. The Morgan fingerprint density at radius 3 is 2.68 bits per heavy atom. The van der Waals surface area contributed by atoms with E-state index < -0.39 is 5.92 Å². The number of Topliss-reactive ketones (excluding diaryl/α,β-unsaturated/α-hetero) is 1. The van der Waals surface area contributed by atoms with E-state index >= 15 is 0 Å². The minimum Gasteiger partial charge on any atom is -0.298 e. The number of ketones is 1. The van der Waals surface area contributed by atoms with E-state index in [1.54, 1.807) is 13.0 Å². The molecule has 1 heterocycles. The van der Waals surface area contributed by atoms with Crippen LogP contribution < -0.4 is 0 Å². The van der Waals surface area contributed by atoms with Crippen LogP contribution in [0, 0.1) is 37.0 Å². The van der Waals surface area contributed by atoms with Gasteiger partial charge in [-0.25, -0.2) is 9.97 Å². The van der Waals surface area contributed by atoms with Gasteiger partial charge in [-0.1, -0.05) is 6.92 Å². The van der Waals surface area contributed by atoms with Gasteiger partial charge in [-0.3, -0.25) is 4.79 Å². The fourth-order valence-electron chi connectivity index (χ4n) is 2.46. The quantitative estimate of drug-likeness (QED) is 0.813. The molecule has 0 bridgehead atoms. The lowest BCUT2D eigenvalue weighted by molar-refractivity contribution is -0.120. The van der Waals surface area contributed by atoms with Crippen LogP contribution in [0.5, 0.6) is 0 Å². The van der Waals surface area contributed by atoms with Crippen molar-refractivity contribution in [1.29, 1.82) is 5.26 Å². The van der Waals surface area contributed by atoms with Crippen molar-refractivity contribution in [2.75, 3.05) is 0 Å². The van der Waals surface area contributed by atoms with Gasteiger partial charge >= 0.3 is 0 Å². The molecule has 4 heteroatoms. The molecule has 0 spiro atoms. The standard InChI is InChI=1S/C15H19N3O/c1-9(12-4-5-12)6-15(19)13(8-16)14-7-10(2)17-11(3)18-14/h7,9,12-13H,4-6H2,1-3H3. The summed E-state index contributed by atoms with van der Waals surface area (Å²) < 4.78 is 0. The number of hydrogen-bond donors (Lipinski definition) is 0. The summed E-state index contributed by atoms with van der Waals surface area (Å²) in [6, 6.07) is 3.83. The predicted octanol–water partition coefficient (Wildman–Crippen LogP) is 2.71. The minimum absolute atomic E-state index is 0.0144. The third-order valence-corrected chi connectivity index (χ3v) is 3.68. The Morgan fingerprint density at radius 1 is 1.47 bits per heavy atom. The van der Waals surface area contributed by atoms with Crippen LogP contribution in [0.25, 0.3) is 0 Å². The number of carbonyl (C=O) groups is 1. The summed E-state index contributed by atoms with van der Waals surface area (Å²) in [6.45, 7) is 5.73. The SMILES string of the molecule is Cc1cc(C(C#N)C(=O)CC(C)C2CC2)nc(C)n1. The van der Waals surface area contributed by atoms with E-state index in [1.807, 2.05) is 6.92 Å². The van der Waals surface area contributed by atoms with E-state index in [0.29, 0.717) is 29.8 Å². The zero-order chi connectivity index (χ0) is 14.0. The van der Waals surface area contributed by atoms with Crippen molar-refractivity contribution in [3.63, 3.8) is 0 Å². The second-order valence-electron chi connectivity index (χ2n) is 5.53. The van der Waals surface area contributed by atoms with E-state index in [0.717, 1.165) is 5.69 Å². The summed E-state index contributed by atoms with van der Waals surface area (Å²) >= 11 is 0. The van der Waals surface area contributed by atoms with Gasteiger partial charge in [0.05, 0.1) is 11.8 Å². The summed E-state index contributed by atoms with van der Waals surface area (Å²) in [4.78, 5) is 20.7. The average molecular weight is 257 g/mol. The number of aryl methyl sites for hydroxylation is 2. The van der Waals surface area contributed by atoms with Gasteiger partial charge < -0.3 is 0 Å². The van der Waals surface area contributed by atoms with Crippen LogP contribution in [0.4, 0.5) is 0 Å². The Morgan fingerprint density at radius 2 is 2.16 bits per heavy atom. The van der Waals surface area contributed by atoms with Crippen LogP contribution in [-0.2, 0) is 4.79 Å². The number of aromatic nitrogens is 2. The fourth-order valence-corrected chi connectivity index (χ4v) is 2.46. The number of nitriles is 1. The molecule has 1 aliphatic carbocycles. The molecule has 0 amide bonds. The molecule has 0 radical (unpaired) electrons. The molecule has 2 unspecified atom stereocenters. The van der Waals surface area contributed by atoms with E-state index in [2.05, 4.69) is 23.0 Å². The Bertz CT molecular complexity index is 508. The number of hydrogen-bond acceptors (Lipinski definition) is 4. The van der Waals surface area contributed by atoms with Crippen LogP contribution in [0.15, 0.2) is 6.07 Å². The molecule has 1 aromatic rings. The molecule has 1 aromatic heterocycles. The minimum atomic E-state index is -0.749. The van der Waals surface area contributed by atoms with E-state index in [-0.39, 0.29) is 5.78 Å². The second-order valence-corrected chi connectivity index (χ2v) is 5.53. The van der Waals surface area contributed by atoms with Crippen molar-refractivity contribution in [2.45, 2.75) is 46.0 Å². The Labute approximate surface area is 113 Å². The van der Waals surface area contributed by atoms with Gasteiger partial charge in [-0.15, -0.1) is 0 Å². The highest BCUT2D eigenvalue weighted by atomic mass is 16.1. The lowest BCUT2D eigenvalue weighted by Gasteiger charge is -2.13. The van der Waals surface area contributed by atoms with Crippen LogP contribution in [-0.4, -0.2) is 15.8 Å². The third-order valence-electron chi connectivity index (χ3n) is 3.68. The van der Waals surface area contributed by atoms with Gasteiger partial charge in [0.1, 0.15) is 11.7 Å². The smallest absolute Gasteiger partial charge is 0.156 e. The first kappa shape index (κ1) is 13.7. The number of carbonyl (C=O) groups excluding carboxylic acids is 1. The molecule has 2 atom stereocenters. The van der Waals surface area contributed by atoms with Crippen molar-refractivity contribution in [2.24, 2.45) is 11.8 Å². The zero-order valence-electron chi connectivity index (χ0n) is 11.7. The van der Waals surface area contributed by atoms with Gasteiger partial charge in [0.15, 0.2) is 5.78 Å². The molecule has 0 saturated heterocycles. The highest BCUT2D eigenvalue weighted by Gasteiger charge is 2.32. The molecule has 0 aliphatic heterocycles. The maximum atomic E-state index is 12.3. The molecule has 2 rings (SSSR count). The average Bonchev–Trinajstić information content (AvgIpc) is 3.11. The molecule has 4 nitrogen and oxygen atoms in total. The largest absolute Gasteiger partial charge is 0.298 e. The summed E-state index contributed by atoms with van der Waals surface area (Å²) in [7, 11) is 0. The molecule has 100 valence electrons. The summed E-state index contributed by atoms with van der Waals surface area (Å²) in [5.74, 6) is 0.906. The zero-order valence-corrected chi connectivity index (χ0v) is 11.7. The van der Waals surface area contributed by atoms with E-state index in [9.17, 15) is 10.1 Å². The van der Waals surface area contributed by atoms with Gasteiger partial charge in [0.2, 0.25) is 0 Å². The van der Waals surface area contributed by atoms with Gasteiger partial charge in [0.25, 0.3) is 0 Å². The van der Waals surface area contributed by atoms with Gasteiger partial charge in [-0.05, 0) is 44.6 Å². The van der Waals surface area contributed by atoms with Gasteiger partial charge in [-0.2, -0.15) is 5.26 Å². The van der Waals surface area contributed by atoms with E-state index in [4.69, 9.17) is 0 Å².